The lowest BCUT2D eigenvalue weighted by molar-refractivity contribution is 0.283. The van der Waals surface area contributed by atoms with Crippen LogP contribution < -0.4 is 5.32 Å². The summed E-state index contributed by atoms with van der Waals surface area (Å²) in [5, 5.41) is 3.34. The zero-order valence-electron chi connectivity index (χ0n) is 11.8. The van der Waals surface area contributed by atoms with E-state index in [0.717, 1.165) is 13.0 Å². The molecule has 0 aromatic heterocycles. The van der Waals surface area contributed by atoms with Crippen molar-refractivity contribution < 1.29 is 0 Å². The molecule has 0 fully saturated rings. The first-order valence-electron chi connectivity index (χ1n) is 6.86. The van der Waals surface area contributed by atoms with Crippen molar-refractivity contribution in [1.29, 1.82) is 0 Å². The fourth-order valence-electron chi connectivity index (χ4n) is 2.66. The molecule has 0 bridgehead atoms. The lowest BCUT2D eigenvalue weighted by Gasteiger charge is -2.29. The molecule has 0 radical (unpaired) electrons. The van der Waals surface area contributed by atoms with Gasteiger partial charge in [-0.3, -0.25) is 0 Å². The van der Waals surface area contributed by atoms with Crippen molar-refractivity contribution in [3.8, 4) is 0 Å². The summed E-state index contributed by atoms with van der Waals surface area (Å²) < 4.78 is 0. The van der Waals surface area contributed by atoms with E-state index in [9.17, 15) is 0 Å². The summed E-state index contributed by atoms with van der Waals surface area (Å²) in [4.78, 5) is 0. The Bertz CT molecular complexity index is 307. The number of rotatable bonds is 7. The molecular formula is C16H27N. The fraction of sp³-hybridized carbons (Fsp3) is 0.625. The highest BCUT2D eigenvalue weighted by atomic mass is 14.8. The molecule has 0 aliphatic heterocycles. The van der Waals surface area contributed by atoms with Gasteiger partial charge in [-0.15, -0.1) is 0 Å². The van der Waals surface area contributed by atoms with Crippen LogP contribution in [0.1, 0.15) is 44.7 Å². The van der Waals surface area contributed by atoms with Crippen LogP contribution in [0.3, 0.4) is 0 Å². The molecule has 1 nitrogen and oxygen atoms in total. The average Bonchev–Trinajstić information content (AvgIpc) is 2.30. The number of hydrogen-bond acceptors (Lipinski definition) is 1. The maximum Gasteiger partial charge on any atom is 0.000534 e. The van der Waals surface area contributed by atoms with Gasteiger partial charge >= 0.3 is 0 Å². The van der Waals surface area contributed by atoms with Gasteiger partial charge in [0.25, 0.3) is 0 Å². The monoisotopic (exact) mass is 233 g/mol. The van der Waals surface area contributed by atoms with E-state index in [1.54, 1.807) is 0 Å². The third kappa shape index (κ3) is 4.51. The van der Waals surface area contributed by atoms with Gasteiger partial charge in [0.1, 0.15) is 0 Å². The van der Waals surface area contributed by atoms with Crippen LogP contribution >= 0.6 is 0 Å². The Labute approximate surface area is 107 Å². The van der Waals surface area contributed by atoms with Crippen LogP contribution in [0.2, 0.25) is 0 Å². The Morgan fingerprint density at radius 1 is 1.06 bits per heavy atom. The zero-order valence-corrected chi connectivity index (χ0v) is 11.8. The van der Waals surface area contributed by atoms with E-state index in [1.807, 2.05) is 7.05 Å². The van der Waals surface area contributed by atoms with Crippen LogP contribution in [0.25, 0.3) is 0 Å². The SMILES string of the molecule is CCCC(C)(CNC)Cc1ccc(CC)cc1. The molecule has 1 unspecified atom stereocenters. The Hall–Kier alpha value is -0.820. The van der Waals surface area contributed by atoms with Crippen molar-refractivity contribution in [3.05, 3.63) is 35.4 Å². The average molecular weight is 233 g/mol. The predicted molar refractivity (Wildman–Crippen MR) is 76.5 cm³/mol. The van der Waals surface area contributed by atoms with Gasteiger partial charge in [-0.05, 0) is 42.9 Å². The number of hydrogen-bond donors (Lipinski definition) is 1. The van der Waals surface area contributed by atoms with E-state index in [1.165, 1.54) is 30.4 Å². The second-order valence-electron chi connectivity index (χ2n) is 5.44. The topological polar surface area (TPSA) is 12.0 Å². The van der Waals surface area contributed by atoms with Gasteiger partial charge in [0.05, 0.1) is 0 Å². The second-order valence-corrected chi connectivity index (χ2v) is 5.44. The van der Waals surface area contributed by atoms with Crippen LogP contribution in [0.15, 0.2) is 24.3 Å². The molecule has 17 heavy (non-hydrogen) atoms. The minimum Gasteiger partial charge on any atom is -0.319 e. The van der Waals surface area contributed by atoms with Crippen LogP contribution in [0.4, 0.5) is 0 Å². The van der Waals surface area contributed by atoms with Crippen molar-refractivity contribution >= 4 is 0 Å². The van der Waals surface area contributed by atoms with Crippen LogP contribution in [0.5, 0.6) is 0 Å². The maximum absolute atomic E-state index is 3.34. The molecule has 0 saturated heterocycles. The van der Waals surface area contributed by atoms with Crippen molar-refractivity contribution in [2.45, 2.75) is 46.5 Å². The summed E-state index contributed by atoms with van der Waals surface area (Å²) in [6.07, 6.45) is 4.84. The third-order valence-corrected chi connectivity index (χ3v) is 3.52. The van der Waals surface area contributed by atoms with Gasteiger partial charge < -0.3 is 5.32 Å². The largest absolute Gasteiger partial charge is 0.319 e. The Morgan fingerprint density at radius 3 is 2.12 bits per heavy atom. The van der Waals surface area contributed by atoms with Crippen molar-refractivity contribution in [3.63, 3.8) is 0 Å². The van der Waals surface area contributed by atoms with E-state index in [-0.39, 0.29) is 0 Å². The van der Waals surface area contributed by atoms with Crippen LogP contribution in [-0.2, 0) is 12.8 Å². The molecule has 0 saturated carbocycles. The van der Waals surface area contributed by atoms with E-state index in [4.69, 9.17) is 0 Å². The summed E-state index contributed by atoms with van der Waals surface area (Å²) in [5.41, 5.74) is 3.28. The highest BCUT2D eigenvalue weighted by Crippen LogP contribution is 2.27. The highest BCUT2D eigenvalue weighted by molar-refractivity contribution is 5.23. The molecular weight excluding hydrogens is 206 g/mol. The minimum atomic E-state index is 0.386. The Morgan fingerprint density at radius 2 is 1.65 bits per heavy atom. The molecule has 1 atom stereocenters. The molecule has 0 aliphatic carbocycles. The number of benzene rings is 1. The van der Waals surface area contributed by atoms with Gasteiger partial charge in [0, 0.05) is 6.54 Å². The van der Waals surface area contributed by atoms with E-state index in [0.29, 0.717) is 5.41 Å². The molecule has 0 heterocycles. The number of aryl methyl sites for hydroxylation is 1. The van der Waals surface area contributed by atoms with Crippen molar-refractivity contribution in [2.24, 2.45) is 5.41 Å². The van der Waals surface area contributed by atoms with Gasteiger partial charge in [-0.1, -0.05) is 51.5 Å². The standard InChI is InChI=1S/C16H27N/c1-5-11-16(3,13-17-4)12-15-9-7-14(6-2)8-10-15/h7-10,17H,5-6,11-13H2,1-4H3. The smallest absolute Gasteiger partial charge is 0.000534 e. The van der Waals surface area contributed by atoms with Gasteiger partial charge in [0.2, 0.25) is 0 Å². The predicted octanol–water partition coefficient (Wildman–Crippen LogP) is 3.82. The van der Waals surface area contributed by atoms with Crippen molar-refractivity contribution in [1.82, 2.24) is 5.32 Å². The Balaban J connectivity index is 2.71. The third-order valence-electron chi connectivity index (χ3n) is 3.52. The van der Waals surface area contributed by atoms with E-state index < -0.39 is 0 Å². The molecule has 1 aromatic rings. The summed E-state index contributed by atoms with van der Waals surface area (Å²) in [6.45, 7) is 7.96. The molecule has 1 aromatic carbocycles. The first-order chi connectivity index (χ1) is 8.13. The van der Waals surface area contributed by atoms with Gasteiger partial charge in [-0.25, -0.2) is 0 Å². The summed E-state index contributed by atoms with van der Waals surface area (Å²) in [7, 11) is 2.05. The van der Waals surface area contributed by atoms with Crippen molar-refractivity contribution in [2.75, 3.05) is 13.6 Å². The summed E-state index contributed by atoms with van der Waals surface area (Å²) in [6, 6.07) is 9.12. The normalized spacial score (nSPS) is 14.6. The fourth-order valence-corrected chi connectivity index (χ4v) is 2.66. The molecule has 1 N–H and O–H groups in total. The molecule has 0 spiro atoms. The number of nitrogens with one attached hydrogen (secondary N) is 1. The van der Waals surface area contributed by atoms with Crippen LogP contribution in [-0.4, -0.2) is 13.6 Å². The lowest BCUT2D eigenvalue weighted by Crippen LogP contribution is -2.31. The molecule has 1 rings (SSSR count). The van der Waals surface area contributed by atoms with Gasteiger partial charge in [-0.2, -0.15) is 0 Å². The van der Waals surface area contributed by atoms with Gasteiger partial charge in [0.15, 0.2) is 0 Å². The highest BCUT2D eigenvalue weighted by Gasteiger charge is 2.22. The first-order valence-corrected chi connectivity index (χ1v) is 6.86. The summed E-state index contributed by atoms with van der Waals surface area (Å²) in [5.74, 6) is 0. The Kier molecular flexibility index (Phi) is 5.70. The quantitative estimate of drug-likeness (QED) is 0.755. The molecule has 0 amide bonds. The van der Waals surface area contributed by atoms with E-state index in [2.05, 4.69) is 50.4 Å². The maximum atomic E-state index is 3.34. The first kappa shape index (κ1) is 14.2. The second kappa shape index (κ2) is 6.80. The van der Waals surface area contributed by atoms with E-state index >= 15 is 0 Å². The molecule has 0 aliphatic rings. The molecule has 1 heteroatoms. The zero-order chi connectivity index (χ0) is 12.7. The summed E-state index contributed by atoms with van der Waals surface area (Å²) >= 11 is 0. The molecule has 96 valence electrons. The minimum absolute atomic E-state index is 0.386. The lowest BCUT2D eigenvalue weighted by atomic mass is 9.79. The van der Waals surface area contributed by atoms with Crippen LogP contribution in [0, 0.1) is 5.41 Å².